The molecule has 0 unspecified atom stereocenters. The van der Waals surface area contributed by atoms with Crippen molar-refractivity contribution in [2.75, 3.05) is 0 Å². The molecule has 0 N–H and O–H groups in total. The average molecular weight is 315 g/mol. The third-order valence-electron chi connectivity index (χ3n) is 3.14. The minimum absolute atomic E-state index is 0.00926. The van der Waals surface area contributed by atoms with Gasteiger partial charge in [0.15, 0.2) is 0 Å². The van der Waals surface area contributed by atoms with E-state index in [1.165, 1.54) is 0 Å². The van der Waals surface area contributed by atoms with Crippen LogP contribution >= 0.6 is 15.9 Å². The Morgan fingerprint density at radius 2 is 1.95 bits per heavy atom. The SMILES string of the molecule is C=CCc1c(Br)ccc2oc3ccccc3c(=O)c12. The molecule has 2 nitrogen and oxygen atoms in total. The van der Waals surface area contributed by atoms with Gasteiger partial charge in [-0.3, -0.25) is 4.79 Å². The molecular weight excluding hydrogens is 304 g/mol. The van der Waals surface area contributed by atoms with E-state index in [0.29, 0.717) is 28.4 Å². The second-order valence-corrected chi connectivity index (χ2v) is 5.17. The van der Waals surface area contributed by atoms with Gasteiger partial charge in [-0.15, -0.1) is 6.58 Å². The van der Waals surface area contributed by atoms with Crippen LogP contribution in [0.3, 0.4) is 0 Å². The number of hydrogen-bond acceptors (Lipinski definition) is 2. The second kappa shape index (κ2) is 4.67. The lowest BCUT2D eigenvalue weighted by molar-refractivity contribution is 0.659. The summed E-state index contributed by atoms with van der Waals surface area (Å²) in [6.07, 6.45) is 2.41. The molecule has 94 valence electrons. The van der Waals surface area contributed by atoms with Gasteiger partial charge < -0.3 is 4.42 Å². The van der Waals surface area contributed by atoms with E-state index in [2.05, 4.69) is 22.5 Å². The van der Waals surface area contributed by atoms with E-state index >= 15 is 0 Å². The summed E-state index contributed by atoms with van der Waals surface area (Å²) in [5, 5.41) is 1.24. The zero-order valence-electron chi connectivity index (χ0n) is 10.2. The number of hydrogen-bond donors (Lipinski definition) is 0. The van der Waals surface area contributed by atoms with Gasteiger partial charge in [0.1, 0.15) is 11.2 Å². The molecule has 0 radical (unpaired) electrons. The average Bonchev–Trinajstić information content (AvgIpc) is 2.42. The molecule has 0 saturated heterocycles. The van der Waals surface area contributed by atoms with Crippen LogP contribution < -0.4 is 5.43 Å². The molecule has 0 fully saturated rings. The summed E-state index contributed by atoms with van der Waals surface area (Å²) >= 11 is 3.49. The van der Waals surface area contributed by atoms with Crippen LogP contribution in [-0.4, -0.2) is 0 Å². The highest BCUT2D eigenvalue weighted by molar-refractivity contribution is 9.10. The molecule has 0 amide bonds. The highest BCUT2D eigenvalue weighted by Gasteiger charge is 2.12. The maximum atomic E-state index is 12.6. The van der Waals surface area contributed by atoms with Gasteiger partial charge >= 0.3 is 0 Å². The van der Waals surface area contributed by atoms with Crippen molar-refractivity contribution >= 4 is 37.9 Å². The summed E-state index contributed by atoms with van der Waals surface area (Å²) in [6, 6.07) is 11.0. The van der Waals surface area contributed by atoms with Gasteiger partial charge in [-0.1, -0.05) is 34.1 Å². The third kappa shape index (κ3) is 1.90. The normalized spacial score (nSPS) is 11.0. The van der Waals surface area contributed by atoms with Crippen molar-refractivity contribution in [2.24, 2.45) is 0 Å². The molecular formula is C16H11BrO2. The topological polar surface area (TPSA) is 30.2 Å². The van der Waals surface area contributed by atoms with Crippen molar-refractivity contribution in [2.45, 2.75) is 6.42 Å². The Morgan fingerprint density at radius 3 is 2.74 bits per heavy atom. The van der Waals surface area contributed by atoms with E-state index in [9.17, 15) is 4.79 Å². The maximum Gasteiger partial charge on any atom is 0.200 e. The predicted molar refractivity (Wildman–Crippen MR) is 81.6 cm³/mol. The lowest BCUT2D eigenvalue weighted by atomic mass is 10.0. The Bertz CT molecular complexity index is 846. The molecule has 2 aromatic carbocycles. The summed E-state index contributed by atoms with van der Waals surface area (Å²) in [5.74, 6) is 0. The molecule has 0 bridgehead atoms. The van der Waals surface area contributed by atoms with E-state index in [0.717, 1.165) is 10.0 Å². The van der Waals surface area contributed by atoms with Gasteiger partial charge in [0.2, 0.25) is 5.43 Å². The number of allylic oxidation sites excluding steroid dienone is 1. The van der Waals surface area contributed by atoms with Gasteiger partial charge in [0, 0.05) is 4.47 Å². The maximum absolute atomic E-state index is 12.6. The standard InChI is InChI=1S/C16H11BrO2/c1-2-5-10-12(17)8-9-14-15(10)16(18)11-6-3-4-7-13(11)19-14/h2-4,6-9H,1,5H2. The Balaban J connectivity index is 2.55. The van der Waals surface area contributed by atoms with E-state index in [1.54, 1.807) is 12.1 Å². The monoisotopic (exact) mass is 314 g/mol. The van der Waals surface area contributed by atoms with Gasteiger partial charge in [-0.25, -0.2) is 0 Å². The van der Waals surface area contributed by atoms with Crippen molar-refractivity contribution in [1.29, 1.82) is 0 Å². The first-order chi connectivity index (χ1) is 9.22. The fourth-order valence-corrected chi connectivity index (χ4v) is 2.77. The molecule has 0 spiro atoms. The first kappa shape index (κ1) is 12.2. The predicted octanol–water partition coefficient (Wildman–Crippen LogP) is 4.44. The van der Waals surface area contributed by atoms with E-state index in [-0.39, 0.29) is 5.43 Å². The van der Waals surface area contributed by atoms with E-state index in [1.807, 2.05) is 30.3 Å². The fourth-order valence-electron chi connectivity index (χ4n) is 2.28. The first-order valence-electron chi connectivity index (χ1n) is 5.96. The fraction of sp³-hybridized carbons (Fsp3) is 0.0625. The number of halogens is 1. The molecule has 3 rings (SSSR count). The summed E-state index contributed by atoms with van der Waals surface area (Å²) < 4.78 is 6.72. The van der Waals surface area contributed by atoms with Gasteiger partial charge in [-0.05, 0) is 36.2 Å². The quantitative estimate of drug-likeness (QED) is 0.517. The van der Waals surface area contributed by atoms with Crippen LogP contribution in [0.1, 0.15) is 5.56 Å². The molecule has 0 aliphatic rings. The largest absolute Gasteiger partial charge is 0.456 e. The van der Waals surface area contributed by atoms with Gasteiger partial charge in [0.25, 0.3) is 0 Å². The molecule has 19 heavy (non-hydrogen) atoms. The van der Waals surface area contributed by atoms with Crippen LogP contribution in [-0.2, 0) is 6.42 Å². The van der Waals surface area contributed by atoms with E-state index in [4.69, 9.17) is 4.42 Å². The third-order valence-corrected chi connectivity index (χ3v) is 3.89. The lowest BCUT2D eigenvalue weighted by Gasteiger charge is -2.07. The number of benzene rings is 2. The Kier molecular flexibility index (Phi) is 2.99. The van der Waals surface area contributed by atoms with Crippen LogP contribution in [0.15, 0.2) is 62.7 Å². The van der Waals surface area contributed by atoms with Crippen molar-refractivity contribution in [1.82, 2.24) is 0 Å². The summed E-state index contributed by atoms with van der Waals surface area (Å²) in [7, 11) is 0. The van der Waals surface area contributed by atoms with Crippen molar-refractivity contribution < 1.29 is 4.42 Å². The molecule has 0 aliphatic heterocycles. The molecule has 3 heteroatoms. The van der Waals surface area contributed by atoms with Crippen molar-refractivity contribution in [3.8, 4) is 0 Å². The van der Waals surface area contributed by atoms with Crippen molar-refractivity contribution in [3.63, 3.8) is 0 Å². The van der Waals surface area contributed by atoms with Gasteiger partial charge in [0.05, 0.1) is 10.8 Å². The summed E-state index contributed by atoms with van der Waals surface area (Å²) in [4.78, 5) is 12.6. The zero-order valence-corrected chi connectivity index (χ0v) is 11.7. The van der Waals surface area contributed by atoms with Crippen LogP contribution in [0.4, 0.5) is 0 Å². The highest BCUT2D eigenvalue weighted by atomic mass is 79.9. The summed E-state index contributed by atoms with van der Waals surface area (Å²) in [5.41, 5.74) is 2.16. The van der Waals surface area contributed by atoms with Crippen LogP contribution in [0, 0.1) is 0 Å². The van der Waals surface area contributed by atoms with Crippen LogP contribution in [0.5, 0.6) is 0 Å². The Hall–Kier alpha value is -1.87. The highest BCUT2D eigenvalue weighted by Crippen LogP contribution is 2.27. The Morgan fingerprint density at radius 1 is 1.16 bits per heavy atom. The first-order valence-corrected chi connectivity index (χ1v) is 6.75. The number of fused-ring (bicyclic) bond motifs is 2. The molecule has 0 atom stereocenters. The molecule has 0 aliphatic carbocycles. The smallest absolute Gasteiger partial charge is 0.200 e. The lowest BCUT2D eigenvalue weighted by Crippen LogP contribution is -2.05. The number of rotatable bonds is 2. The zero-order chi connectivity index (χ0) is 13.4. The Labute approximate surface area is 118 Å². The minimum atomic E-state index is 0.00926. The minimum Gasteiger partial charge on any atom is -0.456 e. The summed E-state index contributed by atoms with van der Waals surface area (Å²) in [6.45, 7) is 3.74. The second-order valence-electron chi connectivity index (χ2n) is 4.32. The van der Waals surface area contributed by atoms with E-state index < -0.39 is 0 Å². The molecule has 0 saturated carbocycles. The molecule has 3 aromatic rings. The van der Waals surface area contributed by atoms with Crippen molar-refractivity contribution in [3.05, 3.63) is 69.3 Å². The van der Waals surface area contributed by atoms with Crippen LogP contribution in [0.2, 0.25) is 0 Å². The molecule has 1 heterocycles. The van der Waals surface area contributed by atoms with Gasteiger partial charge in [-0.2, -0.15) is 0 Å². The van der Waals surface area contributed by atoms with Crippen LogP contribution in [0.25, 0.3) is 21.9 Å². The molecule has 1 aromatic heterocycles. The number of para-hydroxylation sites is 1.